The molecule has 17 heavy (non-hydrogen) atoms. The molecule has 1 aliphatic rings. The van der Waals surface area contributed by atoms with Crippen molar-refractivity contribution in [1.29, 1.82) is 0 Å². The summed E-state index contributed by atoms with van der Waals surface area (Å²) in [5.74, 6) is 0.466. The standard InChI is InChI=1S/C12H18N2O3/c1-14(9-6-4-3-5-7-9)12(15)10-8-11(16-2)13-17-10/h8-9H,3-7H2,1-2H3. The molecular weight excluding hydrogens is 220 g/mol. The smallest absolute Gasteiger partial charge is 0.292 e. The molecule has 0 N–H and O–H groups in total. The molecule has 0 spiro atoms. The second-order valence-corrected chi connectivity index (χ2v) is 4.44. The van der Waals surface area contributed by atoms with Gasteiger partial charge in [-0.05, 0) is 18.0 Å². The van der Waals surface area contributed by atoms with Crippen LogP contribution in [0.15, 0.2) is 10.6 Å². The van der Waals surface area contributed by atoms with E-state index < -0.39 is 0 Å². The molecule has 1 saturated carbocycles. The van der Waals surface area contributed by atoms with Gasteiger partial charge in [0.1, 0.15) is 0 Å². The van der Waals surface area contributed by atoms with E-state index >= 15 is 0 Å². The Labute approximate surface area is 101 Å². The predicted octanol–water partition coefficient (Wildman–Crippen LogP) is 2.09. The van der Waals surface area contributed by atoms with Gasteiger partial charge < -0.3 is 14.2 Å². The summed E-state index contributed by atoms with van der Waals surface area (Å²) in [6.07, 6.45) is 5.82. The van der Waals surface area contributed by atoms with Crippen LogP contribution < -0.4 is 4.74 Å². The van der Waals surface area contributed by atoms with E-state index in [1.54, 1.807) is 4.90 Å². The molecule has 1 amide bonds. The van der Waals surface area contributed by atoms with Crippen molar-refractivity contribution in [2.24, 2.45) is 0 Å². The third-order valence-corrected chi connectivity index (χ3v) is 3.35. The van der Waals surface area contributed by atoms with Crippen LogP contribution in [0, 0.1) is 0 Å². The van der Waals surface area contributed by atoms with E-state index in [0.29, 0.717) is 11.9 Å². The van der Waals surface area contributed by atoms with E-state index in [0.717, 1.165) is 12.8 Å². The molecule has 0 radical (unpaired) electrons. The normalized spacial score (nSPS) is 16.8. The molecule has 0 bridgehead atoms. The van der Waals surface area contributed by atoms with E-state index in [2.05, 4.69) is 5.16 Å². The Balaban J connectivity index is 2.02. The maximum atomic E-state index is 12.1. The number of hydrogen-bond donors (Lipinski definition) is 0. The highest BCUT2D eigenvalue weighted by Crippen LogP contribution is 2.23. The van der Waals surface area contributed by atoms with Crippen LogP contribution in [-0.2, 0) is 0 Å². The van der Waals surface area contributed by atoms with E-state index in [-0.39, 0.29) is 11.7 Å². The molecule has 0 saturated heterocycles. The molecular formula is C12H18N2O3. The third-order valence-electron chi connectivity index (χ3n) is 3.35. The van der Waals surface area contributed by atoms with E-state index in [9.17, 15) is 4.79 Å². The van der Waals surface area contributed by atoms with Crippen LogP contribution in [0.2, 0.25) is 0 Å². The van der Waals surface area contributed by atoms with Gasteiger partial charge in [0.25, 0.3) is 11.8 Å². The van der Waals surface area contributed by atoms with Crippen LogP contribution in [0.5, 0.6) is 5.88 Å². The first kappa shape index (κ1) is 12.0. The van der Waals surface area contributed by atoms with Gasteiger partial charge in [0.2, 0.25) is 5.76 Å². The van der Waals surface area contributed by atoms with Crippen LogP contribution >= 0.6 is 0 Å². The van der Waals surface area contributed by atoms with Gasteiger partial charge in [0, 0.05) is 13.1 Å². The van der Waals surface area contributed by atoms with Gasteiger partial charge in [-0.1, -0.05) is 19.3 Å². The molecule has 1 fully saturated rings. The van der Waals surface area contributed by atoms with Gasteiger partial charge in [-0.3, -0.25) is 4.79 Å². The van der Waals surface area contributed by atoms with Crippen molar-refractivity contribution in [2.75, 3.05) is 14.2 Å². The molecule has 1 heterocycles. The molecule has 0 unspecified atom stereocenters. The van der Waals surface area contributed by atoms with Gasteiger partial charge >= 0.3 is 0 Å². The van der Waals surface area contributed by atoms with Crippen molar-refractivity contribution in [3.05, 3.63) is 11.8 Å². The summed E-state index contributed by atoms with van der Waals surface area (Å²) >= 11 is 0. The maximum absolute atomic E-state index is 12.1. The number of nitrogens with zero attached hydrogens (tertiary/aromatic N) is 2. The fourth-order valence-electron chi connectivity index (χ4n) is 2.26. The van der Waals surface area contributed by atoms with Crippen molar-refractivity contribution >= 4 is 5.91 Å². The molecule has 5 heteroatoms. The Morgan fingerprint density at radius 3 is 2.76 bits per heavy atom. The predicted molar refractivity (Wildman–Crippen MR) is 62.0 cm³/mol. The van der Waals surface area contributed by atoms with E-state index in [1.807, 2.05) is 7.05 Å². The zero-order valence-corrected chi connectivity index (χ0v) is 10.3. The topological polar surface area (TPSA) is 55.6 Å². The van der Waals surface area contributed by atoms with Crippen molar-refractivity contribution in [3.8, 4) is 5.88 Å². The fraction of sp³-hybridized carbons (Fsp3) is 0.667. The zero-order valence-electron chi connectivity index (χ0n) is 10.3. The van der Waals surface area contributed by atoms with Crippen LogP contribution in [0.1, 0.15) is 42.7 Å². The minimum Gasteiger partial charge on any atom is -0.479 e. The van der Waals surface area contributed by atoms with Crippen molar-refractivity contribution in [1.82, 2.24) is 10.1 Å². The first-order chi connectivity index (χ1) is 8.22. The van der Waals surface area contributed by atoms with Crippen molar-refractivity contribution in [3.63, 3.8) is 0 Å². The highest BCUT2D eigenvalue weighted by molar-refractivity contribution is 5.91. The molecule has 0 aliphatic heterocycles. The first-order valence-corrected chi connectivity index (χ1v) is 6.00. The molecule has 2 rings (SSSR count). The van der Waals surface area contributed by atoms with Gasteiger partial charge in [0.15, 0.2) is 0 Å². The van der Waals surface area contributed by atoms with Crippen molar-refractivity contribution in [2.45, 2.75) is 38.1 Å². The second-order valence-electron chi connectivity index (χ2n) is 4.44. The van der Waals surface area contributed by atoms with Crippen LogP contribution in [-0.4, -0.2) is 36.2 Å². The summed E-state index contributed by atoms with van der Waals surface area (Å²) in [5, 5.41) is 3.64. The lowest BCUT2D eigenvalue weighted by atomic mass is 9.94. The summed E-state index contributed by atoms with van der Waals surface area (Å²) in [4.78, 5) is 13.9. The maximum Gasteiger partial charge on any atom is 0.292 e. The summed E-state index contributed by atoms with van der Waals surface area (Å²) in [6, 6.07) is 1.86. The monoisotopic (exact) mass is 238 g/mol. The molecule has 1 aliphatic carbocycles. The summed E-state index contributed by atoms with van der Waals surface area (Å²) in [5.41, 5.74) is 0. The third kappa shape index (κ3) is 2.60. The highest BCUT2D eigenvalue weighted by atomic mass is 16.5. The van der Waals surface area contributed by atoms with Crippen molar-refractivity contribution < 1.29 is 14.1 Å². The highest BCUT2D eigenvalue weighted by Gasteiger charge is 2.25. The van der Waals surface area contributed by atoms with Gasteiger partial charge in [-0.2, -0.15) is 0 Å². The van der Waals surface area contributed by atoms with E-state index in [1.165, 1.54) is 32.4 Å². The number of ether oxygens (including phenoxy) is 1. The Bertz CT molecular complexity index is 383. The summed E-state index contributed by atoms with van der Waals surface area (Å²) < 4.78 is 9.86. The Hall–Kier alpha value is -1.52. The van der Waals surface area contributed by atoms with E-state index in [4.69, 9.17) is 9.26 Å². The minimum atomic E-state index is -0.118. The number of rotatable bonds is 3. The number of carbonyl (C=O) groups is 1. The average Bonchev–Trinajstić information content (AvgIpc) is 2.87. The molecule has 0 aromatic carbocycles. The Morgan fingerprint density at radius 1 is 1.47 bits per heavy atom. The van der Waals surface area contributed by atoms with Crippen LogP contribution in [0.3, 0.4) is 0 Å². The zero-order chi connectivity index (χ0) is 12.3. The number of carbonyl (C=O) groups excluding carboxylic acids is 1. The molecule has 5 nitrogen and oxygen atoms in total. The quantitative estimate of drug-likeness (QED) is 0.809. The largest absolute Gasteiger partial charge is 0.479 e. The Morgan fingerprint density at radius 2 is 2.18 bits per heavy atom. The number of hydrogen-bond acceptors (Lipinski definition) is 4. The second kappa shape index (κ2) is 5.21. The molecule has 1 aromatic rings. The SMILES string of the molecule is COc1cc(C(=O)N(C)C2CCCCC2)on1. The fourth-order valence-corrected chi connectivity index (χ4v) is 2.26. The molecule has 0 atom stereocenters. The minimum absolute atomic E-state index is 0.118. The lowest BCUT2D eigenvalue weighted by Gasteiger charge is -2.30. The lowest BCUT2D eigenvalue weighted by Crippen LogP contribution is -2.38. The summed E-state index contributed by atoms with van der Waals surface area (Å²) in [7, 11) is 3.32. The van der Waals surface area contributed by atoms with Gasteiger partial charge in [-0.15, -0.1) is 0 Å². The van der Waals surface area contributed by atoms with Gasteiger partial charge in [-0.25, -0.2) is 0 Å². The summed E-state index contributed by atoms with van der Waals surface area (Å²) in [6.45, 7) is 0. The molecule has 1 aromatic heterocycles. The molecule has 94 valence electrons. The number of amides is 1. The van der Waals surface area contributed by atoms with Crippen LogP contribution in [0.4, 0.5) is 0 Å². The number of aromatic nitrogens is 1. The van der Waals surface area contributed by atoms with Crippen LogP contribution in [0.25, 0.3) is 0 Å². The average molecular weight is 238 g/mol. The Kier molecular flexibility index (Phi) is 3.66. The lowest BCUT2D eigenvalue weighted by molar-refractivity contribution is 0.0654. The van der Waals surface area contributed by atoms with Gasteiger partial charge in [0.05, 0.1) is 13.2 Å². The number of methoxy groups -OCH3 is 1. The first-order valence-electron chi connectivity index (χ1n) is 6.00.